The Bertz CT molecular complexity index is 569. The summed E-state index contributed by atoms with van der Waals surface area (Å²) in [6, 6.07) is 0.451. The van der Waals surface area contributed by atoms with Gasteiger partial charge in [0.05, 0.1) is 10.2 Å². The van der Waals surface area contributed by atoms with Crippen molar-refractivity contribution in [3.63, 3.8) is 0 Å². The van der Waals surface area contributed by atoms with E-state index in [9.17, 15) is 0 Å². The minimum atomic E-state index is 0.451. The molecule has 5 heteroatoms. The second-order valence-corrected chi connectivity index (χ2v) is 6.46. The molecule has 2 aromatic heterocycles. The average molecular weight is 296 g/mol. The van der Waals surface area contributed by atoms with Crippen molar-refractivity contribution in [1.29, 1.82) is 0 Å². The molecule has 3 nitrogen and oxygen atoms in total. The Morgan fingerprint density at radius 2 is 2.21 bits per heavy atom. The monoisotopic (exact) mass is 295 g/mol. The Balaban J connectivity index is 1.88. The van der Waals surface area contributed by atoms with Crippen LogP contribution in [0.15, 0.2) is 11.7 Å². The quantitative estimate of drug-likeness (QED) is 0.862. The molecule has 0 bridgehead atoms. The van der Waals surface area contributed by atoms with E-state index in [0.717, 1.165) is 17.2 Å². The van der Waals surface area contributed by atoms with Gasteiger partial charge >= 0.3 is 0 Å². The molecule has 1 saturated carbocycles. The first-order chi connectivity index (χ1) is 9.29. The molecule has 1 aliphatic carbocycles. The Hall–Kier alpha value is -0.870. The van der Waals surface area contributed by atoms with E-state index in [2.05, 4.69) is 27.6 Å². The molecule has 0 radical (unpaired) electrons. The fraction of sp³-hybridized carbons (Fsp3) is 0.571. The number of alkyl halides is 1. The van der Waals surface area contributed by atoms with Crippen LogP contribution in [-0.4, -0.2) is 21.9 Å². The predicted octanol–water partition coefficient (Wildman–Crippen LogP) is 4.21. The average Bonchev–Trinajstić information content (AvgIpc) is 2.82. The Morgan fingerprint density at radius 3 is 3.05 bits per heavy atom. The minimum absolute atomic E-state index is 0.451. The van der Waals surface area contributed by atoms with Crippen LogP contribution < -0.4 is 5.32 Å². The largest absolute Gasteiger partial charge is 0.366 e. The summed E-state index contributed by atoms with van der Waals surface area (Å²) in [5, 5.41) is 5.76. The highest BCUT2D eigenvalue weighted by Gasteiger charge is 2.25. The van der Waals surface area contributed by atoms with E-state index in [-0.39, 0.29) is 0 Å². The van der Waals surface area contributed by atoms with Crippen LogP contribution in [0, 0.1) is 12.8 Å². The van der Waals surface area contributed by atoms with Gasteiger partial charge in [0.25, 0.3) is 0 Å². The maximum Gasteiger partial charge on any atom is 0.147 e. The number of halogens is 1. The van der Waals surface area contributed by atoms with Crippen LogP contribution in [0.1, 0.15) is 31.2 Å². The number of hydrogen-bond donors (Lipinski definition) is 1. The highest BCUT2D eigenvalue weighted by atomic mass is 35.5. The summed E-state index contributed by atoms with van der Waals surface area (Å²) in [5.41, 5.74) is 2.30. The van der Waals surface area contributed by atoms with Gasteiger partial charge in [-0.05, 0) is 36.6 Å². The molecule has 3 rings (SSSR count). The maximum absolute atomic E-state index is 6.09. The molecule has 0 amide bonds. The molecule has 2 heterocycles. The molecule has 2 unspecified atom stereocenters. The van der Waals surface area contributed by atoms with Crippen molar-refractivity contribution in [2.24, 2.45) is 5.92 Å². The standard InChI is InChI=1S/C14H18ClN3S/c1-9-7-19-13-12(9)16-8-17-14(13)18-11-5-3-2-4-10(11)6-15/h7-8,10-11H,2-6H2,1H3,(H,16,17,18). The normalized spacial score (nSPS) is 23.7. The third-order valence-electron chi connectivity index (χ3n) is 3.96. The number of anilines is 1. The topological polar surface area (TPSA) is 37.8 Å². The van der Waals surface area contributed by atoms with Gasteiger partial charge in [0.15, 0.2) is 0 Å². The number of nitrogens with zero attached hydrogens (tertiary/aromatic N) is 2. The summed E-state index contributed by atoms with van der Waals surface area (Å²) in [5.74, 6) is 2.27. The number of aromatic nitrogens is 2. The molecule has 19 heavy (non-hydrogen) atoms. The zero-order valence-electron chi connectivity index (χ0n) is 11.0. The highest BCUT2D eigenvalue weighted by Crippen LogP contribution is 2.32. The number of thiophene rings is 1. The maximum atomic E-state index is 6.09. The Morgan fingerprint density at radius 1 is 1.37 bits per heavy atom. The smallest absolute Gasteiger partial charge is 0.147 e. The molecule has 102 valence electrons. The van der Waals surface area contributed by atoms with Crippen LogP contribution >= 0.6 is 22.9 Å². The Kier molecular flexibility index (Phi) is 3.89. The Labute approximate surface area is 122 Å². The van der Waals surface area contributed by atoms with Gasteiger partial charge in [0, 0.05) is 11.9 Å². The zero-order chi connectivity index (χ0) is 13.2. The van der Waals surface area contributed by atoms with Crippen molar-refractivity contribution in [2.45, 2.75) is 38.6 Å². The van der Waals surface area contributed by atoms with Crippen LogP contribution in [-0.2, 0) is 0 Å². The number of fused-ring (bicyclic) bond motifs is 1. The molecular formula is C14H18ClN3S. The van der Waals surface area contributed by atoms with Gasteiger partial charge in [-0.25, -0.2) is 9.97 Å². The zero-order valence-corrected chi connectivity index (χ0v) is 12.6. The molecule has 0 spiro atoms. The SMILES string of the molecule is Cc1csc2c(NC3CCCCC3CCl)ncnc12. The summed E-state index contributed by atoms with van der Waals surface area (Å²) < 4.78 is 1.17. The second-order valence-electron chi connectivity index (χ2n) is 5.27. The van der Waals surface area contributed by atoms with Gasteiger partial charge in [-0.2, -0.15) is 0 Å². The number of hydrogen-bond acceptors (Lipinski definition) is 4. The number of aryl methyl sites for hydroxylation is 1. The lowest BCUT2D eigenvalue weighted by Gasteiger charge is -2.31. The van der Waals surface area contributed by atoms with Gasteiger partial charge in [0.2, 0.25) is 0 Å². The van der Waals surface area contributed by atoms with Crippen molar-refractivity contribution < 1.29 is 0 Å². The lowest BCUT2D eigenvalue weighted by atomic mass is 9.86. The van der Waals surface area contributed by atoms with Crippen molar-refractivity contribution in [3.05, 3.63) is 17.3 Å². The van der Waals surface area contributed by atoms with E-state index in [4.69, 9.17) is 11.6 Å². The van der Waals surface area contributed by atoms with Crippen LogP contribution in [0.3, 0.4) is 0 Å². The second kappa shape index (κ2) is 5.63. The van der Waals surface area contributed by atoms with E-state index in [1.54, 1.807) is 17.7 Å². The highest BCUT2D eigenvalue weighted by molar-refractivity contribution is 7.18. The molecule has 1 aliphatic rings. The number of nitrogens with one attached hydrogen (secondary N) is 1. The van der Waals surface area contributed by atoms with Gasteiger partial charge in [0.1, 0.15) is 12.1 Å². The lowest BCUT2D eigenvalue weighted by Crippen LogP contribution is -2.33. The summed E-state index contributed by atoms with van der Waals surface area (Å²) in [6.45, 7) is 2.10. The third kappa shape index (κ3) is 2.56. The molecular weight excluding hydrogens is 278 g/mol. The summed E-state index contributed by atoms with van der Waals surface area (Å²) in [7, 11) is 0. The fourth-order valence-corrected chi connectivity index (χ4v) is 4.15. The molecule has 2 atom stereocenters. The van der Waals surface area contributed by atoms with Crippen LogP contribution in [0.4, 0.5) is 5.82 Å². The van der Waals surface area contributed by atoms with Gasteiger partial charge in [-0.15, -0.1) is 22.9 Å². The van der Waals surface area contributed by atoms with Crippen molar-refractivity contribution >= 4 is 39.0 Å². The summed E-state index contributed by atoms with van der Waals surface area (Å²) in [6.07, 6.45) is 6.64. The van der Waals surface area contributed by atoms with Crippen molar-refractivity contribution in [1.82, 2.24) is 9.97 Å². The first kappa shape index (κ1) is 13.1. The van der Waals surface area contributed by atoms with Crippen LogP contribution in [0.2, 0.25) is 0 Å². The van der Waals surface area contributed by atoms with E-state index < -0.39 is 0 Å². The van der Waals surface area contributed by atoms with E-state index in [1.165, 1.54) is 35.9 Å². The first-order valence-electron chi connectivity index (χ1n) is 6.81. The van der Waals surface area contributed by atoms with Crippen molar-refractivity contribution in [2.75, 3.05) is 11.2 Å². The van der Waals surface area contributed by atoms with Gasteiger partial charge in [-0.3, -0.25) is 0 Å². The molecule has 1 N–H and O–H groups in total. The first-order valence-corrected chi connectivity index (χ1v) is 8.22. The molecule has 1 fully saturated rings. The van der Waals surface area contributed by atoms with Gasteiger partial charge < -0.3 is 5.32 Å². The molecule has 0 saturated heterocycles. The lowest BCUT2D eigenvalue weighted by molar-refractivity contribution is 0.353. The summed E-state index contributed by atoms with van der Waals surface area (Å²) in [4.78, 5) is 8.80. The molecule has 0 aliphatic heterocycles. The third-order valence-corrected chi connectivity index (χ3v) is 5.45. The van der Waals surface area contributed by atoms with Crippen molar-refractivity contribution in [3.8, 4) is 0 Å². The fourth-order valence-electron chi connectivity index (χ4n) is 2.83. The van der Waals surface area contributed by atoms with Crippen LogP contribution in [0.25, 0.3) is 10.2 Å². The summed E-state index contributed by atoms with van der Waals surface area (Å²) >= 11 is 7.81. The van der Waals surface area contributed by atoms with E-state index in [1.807, 2.05) is 0 Å². The molecule has 2 aromatic rings. The number of rotatable bonds is 3. The minimum Gasteiger partial charge on any atom is -0.366 e. The van der Waals surface area contributed by atoms with Gasteiger partial charge in [-0.1, -0.05) is 12.8 Å². The van der Waals surface area contributed by atoms with E-state index >= 15 is 0 Å². The molecule has 0 aromatic carbocycles. The van der Waals surface area contributed by atoms with Crippen LogP contribution in [0.5, 0.6) is 0 Å². The predicted molar refractivity (Wildman–Crippen MR) is 82.2 cm³/mol. The van der Waals surface area contributed by atoms with E-state index in [0.29, 0.717) is 12.0 Å².